The molecule has 4 heteroatoms. The Morgan fingerprint density at radius 3 is 3.08 bits per heavy atom. The minimum Gasteiger partial charge on any atom is -0.355 e. The first-order chi connectivity index (χ1) is 6.22. The van der Waals surface area contributed by atoms with Gasteiger partial charge < -0.3 is 5.32 Å². The molecule has 1 amide bonds. The molecule has 1 N–H and O–H groups in total. The van der Waals surface area contributed by atoms with Crippen LogP contribution in [0.3, 0.4) is 0 Å². The van der Waals surface area contributed by atoms with E-state index in [-0.39, 0.29) is 5.91 Å². The molecule has 1 aliphatic rings. The molecule has 0 aromatic heterocycles. The highest BCUT2D eigenvalue weighted by molar-refractivity contribution is 9.09. The van der Waals surface area contributed by atoms with E-state index in [1.165, 1.54) is 0 Å². The zero-order valence-electron chi connectivity index (χ0n) is 7.68. The van der Waals surface area contributed by atoms with E-state index in [9.17, 15) is 4.79 Å². The van der Waals surface area contributed by atoms with Crippen molar-refractivity contribution >= 4 is 21.8 Å². The fraction of sp³-hybridized carbons (Fsp3) is 0.667. The number of carbonyl (C=O) groups excluding carboxylic acids is 1. The predicted molar refractivity (Wildman–Crippen MR) is 57.0 cm³/mol. The van der Waals surface area contributed by atoms with Gasteiger partial charge in [-0.05, 0) is 0 Å². The summed E-state index contributed by atoms with van der Waals surface area (Å²) in [6.45, 7) is 7.34. The lowest BCUT2D eigenvalue weighted by Gasteiger charge is -2.19. The topological polar surface area (TPSA) is 32.3 Å². The number of nitrogens with zero attached hydrogens (tertiary/aromatic N) is 1. The van der Waals surface area contributed by atoms with E-state index in [0.717, 1.165) is 37.1 Å². The van der Waals surface area contributed by atoms with E-state index >= 15 is 0 Å². The summed E-state index contributed by atoms with van der Waals surface area (Å²) in [5, 5.41) is 3.68. The Labute approximate surface area is 87.3 Å². The molecular weight excluding hydrogens is 232 g/mol. The number of rotatable bonds is 3. The molecule has 0 aliphatic carbocycles. The second-order valence-corrected chi connectivity index (χ2v) is 3.82. The molecule has 1 saturated heterocycles. The molecule has 0 radical (unpaired) electrons. The maximum atomic E-state index is 11.0. The van der Waals surface area contributed by atoms with E-state index in [1.54, 1.807) is 0 Å². The van der Waals surface area contributed by atoms with Gasteiger partial charge in [-0.15, -0.1) is 0 Å². The number of alkyl halides is 1. The van der Waals surface area contributed by atoms with Gasteiger partial charge in [-0.25, -0.2) is 0 Å². The molecule has 0 spiro atoms. The van der Waals surface area contributed by atoms with Crippen molar-refractivity contribution in [1.29, 1.82) is 0 Å². The Morgan fingerprint density at radius 1 is 1.62 bits per heavy atom. The molecule has 0 aromatic rings. The summed E-state index contributed by atoms with van der Waals surface area (Å²) >= 11 is 3.36. The average Bonchev–Trinajstić information content (AvgIpc) is 2.31. The van der Waals surface area contributed by atoms with Gasteiger partial charge in [-0.3, -0.25) is 9.69 Å². The second kappa shape index (κ2) is 5.40. The smallest absolute Gasteiger partial charge is 0.221 e. The number of carbonyl (C=O) groups is 1. The van der Waals surface area contributed by atoms with Crippen LogP contribution in [0.1, 0.15) is 6.42 Å². The lowest BCUT2D eigenvalue weighted by atomic mass is 10.3. The van der Waals surface area contributed by atoms with Gasteiger partial charge in [0, 0.05) is 37.9 Å². The summed E-state index contributed by atoms with van der Waals surface area (Å²) in [5.74, 6) is 0.159. The summed E-state index contributed by atoms with van der Waals surface area (Å²) in [5.41, 5.74) is 1.16. The number of halogens is 1. The van der Waals surface area contributed by atoms with E-state index in [4.69, 9.17) is 0 Å². The fourth-order valence-electron chi connectivity index (χ4n) is 1.33. The molecule has 0 atom stereocenters. The van der Waals surface area contributed by atoms with Gasteiger partial charge in [0.25, 0.3) is 0 Å². The highest BCUT2D eigenvalue weighted by Gasteiger charge is 2.12. The third-order valence-electron chi connectivity index (χ3n) is 2.04. The van der Waals surface area contributed by atoms with E-state index in [2.05, 4.69) is 32.7 Å². The van der Waals surface area contributed by atoms with Gasteiger partial charge in [0.1, 0.15) is 0 Å². The van der Waals surface area contributed by atoms with Crippen molar-refractivity contribution in [1.82, 2.24) is 10.2 Å². The summed E-state index contributed by atoms with van der Waals surface area (Å²) in [7, 11) is 0. The molecule has 1 rings (SSSR count). The third kappa shape index (κ3) is 3.91. The average molecular weight is 247 g/mol. The minimum absolute atomic E-state index is 0.159. The van der Waals surface area contributed by atoms with Crippen LogP contribution in [0.25, 0.3) is 0 Å². The van der Waals surface area contributed by atoms with Crippen LogP contribution in [0.5, 0.6) is 0 Å². The Kier molecular flexibility index (Phi) is 4.45. The molecular formula is C9H15BrN2O. The normalized spacial score (nSPS) is 19.3. The summed E-state index contributed by atoms with van der Waals surface area (Å²) < 4.78 is 0. The van der Waals surface area contributed by atoms with Crippen molar-refractivity contribution < 1.29 is 4.79 Å². The first-order valence-corrected chi connectivity index (χ1v) is 5.56. The van der Waals surface area contributed by atoms with Gasteiger partial charge in [0.15, 0.2) is 0 Å². The number of amides is 1. The number of hydrogen-bond donors (Lipinski definition) is 1. The summed E-state index contributed by atoms with van der Waals surface area (Å²) in [4.78, 5) is 13.3. The van der Waals surface area contributed by atoms with Crippen molar-refractivity contribution in [2.24, 2.45) is 0 Å². The predicted octanol–water partition coefficient (Wildman–Crippen LogP) is 0.759. The second-order valence-electron chi connectivity index (χ2n) is 3.26. The molecule has 1 aliphatic heterocycles. The first-order valence-electron chi connectivity index (χ1n) is 4.44. The van der Waals surface area contributed by atoms with Crippen molar-refractivity contribution in [2.75, 3.05) is 31.5 Å². The van der Waals surface area contributed by atoms with Gasteiger partial charge in [-0.2, -0.15) is 0 Å². The minimum atomic E-state index is 0.159. The molecule has 0 unspecified atom stereocenters. The van der Waals surface area contributed by atoms with Crippen LogP contribution in [-0.4, -0.2) is 42.3 Å². The molecule has 0 bridgehead atoms. The largest absolute Gasteiger partial charge is 0.355 e. The monoisotopic (exact) mass is 246 g/mol. The fourth-order valence-corrected chi connectivity index (χ4v) is 1.51. The molecule has 74 valence electrons. The SMILES string of the molecule is C=C(CBr)CN1CCNC(=O)CC1. The lowest BCUT2D eigenvalue weighted by Crippen LogP contribution is -2.30. The van der Waals surface area contributed by atoms with Gasteiger partial charge in [0.2, 0.25) is 5.91 Å². The zero-order valence-corrected chi connectivity index (χ0v) is 9.27. The molecule has 1 heterocycles. The van der Waals surface area contributed by atoms with Crippen molar-refractivity contribution in [2.45, 2.75) is 6.42 Å². The van der Waals surface area contributed by atoms with Crippen LogP contribution >= 0.6 is 15.9 Å². The van der Waals surface area contributed by atoms with Crippen LogP contribution in [0, 0.1) is 0 Å². The van der Waals surface area contributed by atoms with Crippen LogP contribution < -0.4 is 5.32 Å². The maximum absolute atomic E-state index is 11.0. The van der Waals surface area contributed by atoms with Crippen LogP contribution in [0.4, 0.5) is 0 Å². The quantitative estimate of drug-likeness (QED) is 0.590. The van der Waals surface area contributed by atoms with Gasteiger partial charge >= 0.3 is 0 Å². The van der Waals surface area contributed by atoms with Crippen molar-refractivity contribution in [3.63, 3.8) is 0 Å². The lowest BCUT2D eigenvalue weighted by molar-refractivity contribution is -0.120. The Balaban J connectivity index is 2.33. The van der Waals surface area contributed by atoms with Crippen LogP contribution in [0.15, 0.2) is 12.2 Å². The van der Waals surface area contributed by atoms with E-state index in [0.29, 0.717) is 6.42 Å². The van der Waals surface area contributed by atoms with Crippen molar-refractivity contribution in [3.8, 4) is 0 Å². The van der Waals surface area contributed by atoms with Crippen LogP contribution in [-0.2, 0) is 4.79 Å². The van der Waals surface area contributed by atoms with Gasteiger partial charge in [-0.1, -0.05) is 28.1 Å². The van der Waals surface area contributed by atoms with Crippen LogP contribution in [0.2, 0.25) is 0 Å². The third-order valence-corrected chi connectivity index (χ3v) is 2.83. The zero-order chi connectivity index (χ0) is 9.68. The Hall–Kier alpha value is -0.350. The van der Waals surface area contributed by atoms with Gasteiger partial charge in [0.05, 0.1) is 0 Å². The highest BCUT2D eigenvalue weighted by atomic mass is 79.9. The maximum Gasteiger partial charge on any atom is 0.221 e. The van der Waals surface area contributed by atoms with E-state index in [1.807, 2.05) is 0 Å². The highest BCUT2D eigenvalue weighted by Crippen LogP contribution is 2.03. The molecule has 13 heavy (non-hydrogen) atoms. The Bertz CT molecular complexity index is 206. The summed E-state index contributed by atoms with van der Waals surface area (Å²) in [6, 6.07) is 0. The number of hydrogen-bond acceptors (Lipinski definition) is 2. The summed E-state index contributed by atoms with van der Waals surface area (Å²) in [6.07, 6.45) is 0.607. The van der Waals surface area contributed by atoms with Crippen molar-refractivity contribution in [3.05, 3.63) is 12.2 Å². The molecule has 3 nitrogen and oxygen atoms in total. The molecule has 0 aromatic carbocycles. The standard InChI is InChI=1S/C9H15BrN2O/c1-8(6-10)7-12-4-2-9(13)11-3-5-12/h1-7H2,(H,11,13). The first kappa shape index (κ1) is 10.7. The van der Waals surface area contributed by atoms with E-state index < -0.39 is 0 Å². The number of nitrogens with one attached hydrogen (secondary N) is 1. The molecule has 0 saturated carbocycles. The Morgan fingerprint density at radius 2 is 2.38 bits per heavy atom. The molecule has 1 fully saturated rings.